The van der Waals surface area contributed by atoms with Crippen molar-refractivity contribution in [2.24, 2.45) is 17.3 Å². The van der Waals surface area contributed by atoms with Crippen LogP contribution >= 0.6 is 11.3 Å². The van der Waals surface area contributed by atoms with Crippen LogP contribution in [0.3, 0.4) is 0 Å². The Morgan fingerprint density at radius 2 is 1.73 bits per heavy atom. The number of para-hydroxylation sites is 2. The highest BCUT2D eigenvalue weighted by molar-refractivity contribution is 7.16. The van der Waals surface area contributed by atoms with Crippen molar-refractivity contribution in [3.63, 3.8) is 0 Å². The van der Waals surface area contributed by atoms with Crippen LogP contribution in [0.4, 0.5) is 5.82 Å². The van der Waals surface area contributed by atoms with Gasteiger partial charge in [0.25, 0.3) is 0 Å². The van der Waals surface area contributed by atoms with Gasteiger partial charge in [-0.1, -0.05) is 41.7 Å². The number of aryl methyl sites for hydroxylation is 2. The van der Waals surface area contributed by atoms with Gasteiger partial charge in [-0.2, -0.15) is 10.2 Å². The van der Waals surface area contributed by atoms with Crippen molar-refractivity contribution in [1.29, 1.82) is 0 Å². The van der Waals surface area contributed by atoms with Crippen LogP contribution in [0.2, 0.25) is 0 Å². The molecule has 0 radical (unpaired) electrons. The third kappa shape index (κ3) is 3.35. The second kappa shape index (κ2) is 7.91. The number of fused-ring (bicyclic) bond motifs is 1. The first kappa shape index (κ1) is 18.8. The zero-order valence-electron chi connectivity index (χ0n) is 17.2. The summed E-state index contributed by atoms with van der Waals surface area (Å²) in [7, 11) is 2.03. The van der Waals surface area contributed by atoms with Gasteiger partial charge in [0.2, 0.25) is 4.80 Å². The zero-order chi connectivity index (χ0) is 20.5. The minimum absolute atomic E-state index is 0.878. The van der Waals surface area contributed by atoms with Gasteiger partial charge >= 0.3 is 0 Å². The standard InChI is InChI=1S/C23H24N6S/c1-17-19(16-24-25-23-27(2)20-12-6-7-13-21(20)30-23)22(28-14-8-9-15-28)29(26-17)18-10-4-3-5-11-18/h3-7,10-13,16H,8-9,14-15H2,1-2H3. The average Bonchev–Trinajstić information content (AvgIpc) is 3.48. The average molecular weight is 417 g/mol. The Bertz CT molecular complexity index is 1270. The van der Waals surface area contributed by atoms with Gasteiger partial charge in [0.15, 0.2) is 0 Å². The molecule has 0 saturated carbocycles. The molecule has 0 unspecified atom stereocenters. The van der Waals surface area contributed by atoms with Crippen LogP contribution in [0.15, 0.2) is 64.8 Å². The molecule has 0 atom stereocenters. The lowest BCUT2D eigenvalue weighted by atomic mass is 10.2. The van der Waals surface area contributed by atoms with Crippen molar-refractivity contribution in [3.05, 3.63) is 70.7 Å². The van der Waals surface area contributed by atoms with E-state index in [2.05, 4.69) is 50.0 Å². The molecule has 152 valence electrons. The normalized spacial score (nSPS) is 15.1. The maximum absolute atomic E-state index is 4.84. The van der Waals surface area contributed by atoms with Gasteiger partial charge in [0, 0.05) is 20.1 Å². The molecule has 0 N–H and O–H groups in total. The Kier molecular flexibility index (Phi) is 4.96. The molecule has 1 saturated heterocycles. The van der Waals surface area contributed by atoms with Gasteiger partial charge in [-0.15, -0.1) is 5.10 Å². The highest BCUT2D eigenvalue weighted by atomic mass is 32.1. The van der Waals surface area contributed by atoms with Crippen LogP contribution in [0.1, 0.15) is 24.1 Å². The van der Waals surface area contributed by atoms with E-state index in [1.165, 1.54) is 23.1 Å². The Balaban J connectivity index is 1.58. The van der Waals surface area contributed by atoms with Crippen LogP contribution in [-0.2, 0) is 7.05 Å². The number of thiazole rings is 1. The number of hydrogen-bond donors (Lipinski definition) is 0. The molecule has 0 aliphatic carbocycles. The van der Waals surface area contributed by atoms with E-state index in [9.17, 15) is 0 Å². The fraction of sp³-hybridized carbons (Fsp3) is 0.261. The summed E-state index contributed by atoms with van der Waals surface area (Å²) in [5, 5.41) is 13.8. The minimum Gasteiger partial charge on any atom is -0.356 e. The predicted molar refractivity (Wildman–Crippen MR) is 124 cm³/mol. The van der Waals surface area contributed by atoms with Gasteiger partial charge in [0.05, 0.1) is 33.4 Å². The molecule has 3 heterocycles. The summed E-state index contributed by atoms with van der Waals surface area (Å²) in [6, 6.07) is 18.6. The number of hydrogen-bond acceptors (Lipinski definition) is 5. The summed E-state index contributed by atoms with van der Waals surface area (Å²) in [5.41, 5.74) is 4.23. The van der Waals surface area contributed by atoms with Crippen LogP contribution in [-0.4, -0.2) is 33.7 Å². The lowest BCUT2D eigenvalue weighted by Gasteiger charge is -2.20. The monoisotopic (exact) mass is 416 g/mol. The second-order valence-electron chi connectivity index (χ2n) is 7.52. The van der Waals surface area contributed by atoms with Crippen LogP contribution in [0.25, 0.3) is 15.9 Å². The van der Waals surface area contributed by atoms with Crippen LogP contribution in [0, 0.1) is 6.92 Å². The smallest absolute Gasteiger partial charge is 0.211 e. The maximum atomic E-state index is 4.84. The number of nitrogens with zero attached hydrogens (tertiary/aromatic N) is 6. The molecule has 5 rings (SSSR count). The summed E-state index contributed by atoms with van der Waals surface area (Å²) < 4.78 is 5.33. The second-order valence-corrected chi connectivity index (χ2v) is 8.53. The molecule has 2 aromatic carbocycles. The van der Waals surface area contributed by atoms with Crippen molar-refractivity contribution < 1.29 is 0 Å². The molecule has 1 aliphatic rings. The lowest BCUT2D eigenvalue weighted by Crippen LogP contribution is -2.22. The Morgan fingerprint density at radius 1 is 1.00 bits per heavy atom. The fourth-order valence-electron chi connectivity index (χ4n) is 3.97. The molecule has 4 aromatic rings. The summed E-state index contributed by atoms with van der Waals surface area (Å²) in [5.74, 6) is 1.11. The predicted octanol–water partition coefficient (Wildman–Crippen LogP) is 4.27. The number of rotatable bonds is 4. The van der Waals surface area contributed by atoms with Crippen molar-refractivity contribution >= 4 is 33.6 Å². The van der Waals surface area contributed by atoms with E-state index in [0.29, 0.717) is 0 Å². The maximum Gasteiger partial charge on any atom is 0.211 e. The third-order valence-corrected chi connectivity index (χ3v) is 6.64. The van der Waals surface area contributed by atoms with E-state index in [0.717, 1.165) is 40.7 Å². The van der Waals surface area contributed by atoms with Gasteiger partial charge in [-0.25, -0.2) is 4.68 Å². The Labute approximate surface area is 179 Å². The topological polar surface area (TPSA) is 50.7 Å². The first-order valence-electron chi connectivity index (χ1n) is 10.2. The van der Waals surface area contributed by atoms with Crippen molar-refractivity contribution in [2.75, 3.05) is 18.0 Å². The quantitative estimate of drug-likeness (QED) is 0.368. The van der Waals surface area contributed by atoms with Gasteiger partial charge in [-0.05, 0) is 44.0 Å². The number of anilines is 1. The highest BCUT2D eigenvalue weighted by Crippen LogP contribution is 2.29. The molecule has 1 fully saturated rings. The van der Waals surface area contributed by atoms with Gasteiger partial charge in [-0.3, -0.25) is 0 Å². The zero-order valence-corrected chi connectivity index (χ0v) is 18.0. The summed E-state index contributed by atoms with van der Waals surface area (Å²) in [6.07, 6.45) is 4.27. The Morgan fingerprint density at radius 3 is 2.50 bits per heavy atom. The SMILES string of the molecule is Cc1nn(-c2ccccc2)c(N2CCCC2)c1C=NN=c1sc2ccccc2n1C. The molecular weight excluding hydrogens is 392 g/mol. The first-order chi connectivity index (χ1) is 14.7. The first-order valence-corrected chi connectivity index (χ1v) is 11.1. The molecule has 2 aromatic heterocycles. The van der Waals surface area contributed by atoms with Crippen LogP contribution in [0.5, 0.6) is 0 Å². The summed E-state index contributed by atoms with van der Waals surface area (Å²) in [4.78, 5) is 3.29. The largest absolute Gasteiger partial charge is 0.356 e. The minimum atomic E-state index is 0.878. The molecule has 0 amide bonds. The Hall–Kier alpha value is -3.19. The van der Waals surface area contributed by atoms with E-state index >= 15 is 0 Å². The van der Waals surface area contributed by atoms with E-state index < -0.39 is 0 Å². The highest BCUT2D eigenvalue weighted by Gasteiger charge is 2.23. The number of benzene rings is 2. The van der Waals surface area contributed by atoms with Crippen molar-refractivity contribution in [1.82, 2.24) is 14.3 Å². The lowest BCUT2D eigenvalue weighted by molar-refractivity contribution is 0.815. The molecular formula is C23H24N6S. The number of aromatic nitrogens is 3. The molecule has 0 bridgehead atoms. The molecule has 0 spiro atoms. The van der Waals surface area contributed by atoms with E-state index in [4.69, 9.17) is 5.10 Å². The van der Waals surface area contributed by atoms with Gasteiger partial charge < -0.3 is 9.47 Å². The summed E-state index contributed by atoms with van der Waals surface area (Å²) in [6.45, 7) is 4.13. The van der Waals surface area contributed by atoms with Crippen LogP contribution < -0.4 is 9.70 Å². The van der Waals surface area contributed by atoms with E-state index in [1.54, 1.807) is 11.3 Å². The van der Waals surface area contributed by atoms with Crippen molar-refractivity contribution in [2.45, 2.75) is 19.8 Å². The van der Waals surface area contributed by atoms with E-state index in [1.807, 2.05) is 49.1 Å². The van der Waals surface area contributed by atoms with Crippen molar-refractivity contribution in [3.8, 4) is 5.69 Å². The molecule has 30 heavy (non-hydrogen) atoms. The summed E-state index contributed by atoms with van der Waals surface area (Å²) >= 11 is 1.65. The van der Waals surface area contributed by atoms with Gasteiger partial charge in [0.1, 0.15) is 5.82 Å². The molecule has 1 aliphatic heterocycles. The van der Waals surface area contributed by atoms with E-state index in [-0.39, 0.29) is 0 Å². The molecule has 6 nitrogen and oxygen atoms in total. The fourth-order valence-corrected chi connectivity index (χ4v) is 4.95. The third-order valence-electron chi connectivity index (χ3n) is 5.53. The molecule has 7 heteroatoms.